The molecular weight excluding hydrogens is 465 g/mol. The molecule has 0 bridgehead atoms. The number of nitro benzene ring substituents is 1. The van der Waals surface area contributed by atoms with Crippen molar-refractivity contribution in [2.75, 3.05) is 0 Å². The molecule has 1 saturated carbocycles. The molecule has 1 amide bonds. The summed E-state index contributed by atoms with van der Waals surface area (Å²) in [6.07, 6.45) is 0.966. The number of halogens is 1. The molecule has 5 rings (SSSR count). The van der Waals surface area contributed by atoms with Gasteiger partial charge in [0.05, 0.1) is 16.7 Å². The van der Waals surface area contributed by atoms with Crippen LogP contribution in [0.4, 0.5) is 14.9 Å². The van der Waals surface area contributed by atoms with Gasteiger partial charge in [-0.15, -0.1) is 0 Å². The van der Waals surface area contributed by atoms with E-state index in [0.717, 1.165) is 12.8 Å². The lowest BCUT2D eigenvalue weighted by molar-refractivity contribution is -0.383. The molecule has 1 aromatic heterocycles. The number of nitro groups is 1. The van der Waals surface area contributed by atoms with Crippen molar-refractivity contribution in [1.82, 2.24) is 9.88 Å². The van der Waals surface area contributed by atoms with Crippen molar-refractivity contribution in [2.24, 2.45) is 5.92 Å². The van der Waals surface area contributed by atoms with Gasteiger partial charge in [0.25, 0.3) is 11.2 Å². The van der Waals surface area contributed by atoms with Crippen LogP contribution in [0.1, 0.15) is 30.1 Å². The fourth-order valence-corrected chi connectivity index (χ4v) is 4.54. The maximum absolute atomic E-state index is 13.8. The summed E-state index contributed by atoms with van der Waals surface area (Å²) < 4.78 is 20.9. The van der Waals surface area contributed by atoms with Gasteiger partial charge in [-0.2, -0.15) is 0 Å². The summed E-state index contributed by atoms with van der Waals surface area (Å²) in [5, 5.41) is 14.6. The highest BCUT2D eigenvalue weighted by molar-refractivity contribution is 5.96. The third-order valence-corrected chi connectivity index (χ3v) is 6.35. The highest BCUT2D eigenvalue weighted by atomic mass is 19.1. The summed E-state index contributed by atoms with van der Waals surface area (Å²) >= 11 is 0. The topological polar surface area (TPSA) is 103 Å². The van der Waals surface area contributed by atoms with Crippen LogP contribution in [0.25, 0.3) is 16.5 Å². The first-order valence-electron chi connectivity index (χ1n) is 11.5. The zero-order chi connectivity index (χ0) is 25.4. The Hall–Kier alpha value is -4.53. The Morgan fingerprint density at radius 3 is 2.50 bits per heavy atom. The van der Waals surface area contributed by atoms with E-state index in [0.29, 0.717) is 16.9 Å². The van der Waals surface area contributed by atoms with Gasteiger partial charge in [-0.3, -0.25) is 19.5 Å². The lowest BCUT2D eigenvalue weighted by Crippen LogP contribution is -2.33. The van der Waals surface area contributed by atoms with E-state index >= 15 is 0 Å². The molecule has 3 aromatic carbocycles. The fourth-order valence-electron chi connectivity index (χ4n) is 4.54. The van der Waals surface area contributed by atoms with Gasteiger partial charge in [0.1, 0.15) is 11.2 Å². The summed E-state index contributed by atoms with van der Waals surface area (Å²) in [5.41, 5.74) is 0.428. The highest BCUT2D eigenvalue weighted by Gasteiger charge is 2.34. The molecule has 1 N–H and O–H groups in total. The molecule has 0 radical (unpaired) electrons. The number of hydrogen-bond donors (Lipinski definition) is 1. The van der Waals surface area contributed by atoms with Crippen molar-refractivity contribution >= 4 is 22.6 Å². The number of benzene rings is 3. The molecular formula is C27H22FN3O5. The van der Waals surface area contributed by atoms with Gasteiger partial charge >= 0.3 is 6.09 Å². The molecule has 1 fully saturated rings. The average molecular weight is 487 g/mol. The van der Waals surface area contributed by atoms with Crippen LogP contribution in [-0.4, -0.2) is 15.6 Å². The van der Waals surface area contributed by atoms with Crippen LogP contribution in [-0.2, 0) is 0 Å². The smallest absolute Gasteiger partial charge is 0.408 e. The first kappa shape index (κ1) is 23.2. The third kappa shape index (κ3) is 4.31. The van der Waals surface area contributed by atoms with Gasteiger partial charge < -0.3 is 10.1 Å². The number of fused-ring (bicyclic) bond motifs is 1. The van der Waals surface area contributed by atoms with Crippen LogP contribution < -0.4 is 15.6 Å². The second-order valence-electron chi connectivity index (χ2n) is 8.75. The van der Waals surface area contributed by atoms with Gasteiger partial charge in [-0.1, -0.05) is 36.4 Å². The van der Waals surface area contributed by atoms with Gasteiger partial charge in [0, 0.05) is 17.1 Å². The number of rotatable bonds is 6. The molecule has 0 spiro atoms. The van der Waals surface area contributed by atoms with E-state index in [1.807, 2.05) is 0 Å². The van der Waals surface area contributed by atoms with Crippen molar-refractivity contribution in [3.05, 3.63) is 110 Å². The number of amides is 1. The SMILES string of the molecule is Cc1c(OC(=O)N[C@H](c2cccc(F)c2)C2CC2)c2cccc([N+](=O)[O-])c2c(=O)n1-c1ccccc1. The molecule has 1 heterocycles. The van der Waals surface area contributed by atoms with Gasteiger partial charge in [0.2, 0.25) is 0 Å². The Morgan fingerprint density at radius 1 is 1.11 bits per heavy atom. The Labute approximate surface area is 205 Å². The van der Waals surface area contributed by atoms with Gasteiger partial charge in [-0.05, 0) is 61.6 Å². The second kappa shape index (κ2) is 9.26. The minimum atomic E-state index is -0.801. The molecule has 9 heteroatoms. The van der Waals surface area contributed by atoms with E-state index in [4.69, 9.17) is 4.74 Å². The van der Waals surface area contributed by atoms with Crippen LogP contribution in [0.2, 0.25) is 0 Å². The average Bonchev–Trinajstić information content (AvgIpc) is 3.71. The number of carbonyl (C=O) groups excluding carboxylic acids is 1. The second-order valence-corrected chi connectivity index (χ2v) is 8.75. The third-order valence-electron chi connectivity index (χ3n) is 6.35. The Balaban J connectivity index is 1.61. The van der Waals surface area contributed by atoms with Crippen molar-refractivity contribution in [3.63, 3.8) is 0 Å². The summed E-state index contributed by atoms with van der Waals surface area (Å²) in [4.78, 5) is 37.7. The first-order valence-corrected chi connectivity index (χ1v) is 11.5. The predicted octanol–water partition coefficient (Wildman–Crippen LogP) is 5.59. The number of carbonyl (C=O) groups is 1. The number of pyridine rings is 1. The first-order chi connectivity index (χ1) is 17.3. The molecule has 0 saturated heterocycles. The predicted molar refractivity (Wildman–Crippen MR) is 132 cm³/mol. The van der Waals surface area contributed by atoms with Crippen molar-refractivity contribution < 1.29 is 18.8 Å². The molecule has 8 nitrogen and oxygen atoms in total. The van der Waals surface area contributed by atoms with Gasteiger partial charge in [0.15, 0.2) is 5.75 Å². The number of hydrogen-bond acceptors (Lipinski definition) is 5. The van der Waals surface area contributed by atoms with E-state index in [2.05, 4.69) is 5.32 Å². The molecule has 1 aliphatic carbocycles. The summed E-state index contributed by atoms with van der Waals surface area (Å²) in [5.74, 6) is -0.225. The lowest BCUT2D eigenvalue weighted by atomic mass is 10.0. The minimum absolute atomic E-state index is 0.0310. The van der Waals surface area contributed by atoms with Crippen LogP contribution in [0.3, 0.4) is 0 Å². The standard InChI is InChI=1S/C27H22FN3O5/c1-16-25(36-27(33)29-24(17-13-14-17)18-7-5-8-19(28)15-18)21-11-6-12-22(31(34)35)23(21)26(32)30(16)20-9-3-2-4-10-20/h2-12,15,17,24H,13-14H2,1H3,(H,29,33)/t24-/m0/s1. The Bertz CT molecular complexity index is 1550. The Kier molecular flexibility index (Phi) is 5.97. The minimum Gasteiger partial charge on any atom is -0.408 e. The Morgan fingerprint density at radius 2 is 1.83 bits per heavy atom. The molecule has 36 heavy (non-hydrogen) atoms. The zero-order valence-electron chi connectivity index (χ0n) is 19.3. The fraction of sp³-hybridized carbons (Fsp3) is 0.185. The van der Waals surface area contributed by atoms with Crippen LogP contribution in [0.15, 0.2) is 77.6 Å². The number of aromatic nitrogens is 1. The molecule has 0 aliphatic heterocycles. The summed E-state index contributed by atoms with van der Waals surface area (Å²) in [7, 11) is 0. The molecule has 1 atom stereocenters. The summed E-state index contributed by atoms with van der Waals surface area (Å²) in [6.45, 7) is 1.61. The van der Waals surface area contributed by atoms with Crippen LogP contribution in [0, 0.1) is 28.8 Å². The van der Waals surface area contributed by atoms with Crippen LogP contribution >= 0.6 is 0 Å². The van der Waals surface area contributed by atoms with E-state index in [9.17, 15) is 24.1 Å². The largest absolute Gasteiger partial charge is 0.413 e. The number of nitrogens with zero attached hydrogens (tertiary/aromatic N) is 2. The molecule has 4 aromatic rings. The number of nitrogens with one attached hydrogen (secondary N) is 1. The number of ether oxygens (including phenoxy) is 1. The normalized spacial score (nSPS) is 13.8. The van der Waals surface area contributed by atoms with E-state index in [1.165, 1.54) is 34.9 Å². The van der Waals surface area contributed by atoms with E-state index in [-0.39, 0.29) is 28.1 Å². The number of para-hydroxylation sites is 1. The van der Waals surface area contributed by atoms with Crippen molar-refractivity contribution in [2.45, 2.75) is 25.8 Å². The highest BCUT2D eigenvalue weighted by Crippen LogP contribution is 2.41. The lowest BCUT2D eigenvalue weighted by Gasteiger charge is -2.21. The van der Waals surface area contributed by atoms with Crippen molar-refractivity contribution in [1.29, 1.82) is 0 Å². The molecule has 182 valence electrons. The number of non-ortho nitro benzene ring substituents is 1. The zero-order valence-corrected chi connectivity index (χ0v) is 19.3. The maximum Gasteiger partial charge on any atom is 0.413 e. The molecule has 1 aliphatic rings. The summed E-state index contributed by atoms with van der Waals surface area (Å²) in [6, 6.07) is 18.4. The van der Waals surface area contributed by atoms with Crippen LogP contribution in [0.5, 0.6) is 5.75 Å². The maximum atomic E-state index is 13.8. The van der Waals surface area contributed by atoms with Crippen molar-refractivity contribution in [3.8, 4) is 11.4 Å². The molecule has 0 unspecified atom stereocenters. The quantitative estimate of drug-likeness (QED) is 0.282. The van der Waals surface area contributed by atoms with E-state index in [1.54, 1.807) is 49.4 Å². The van der Waals surface area contributed by atoms with Gasteiger partial charge in [-0.25, -0.2) is 9.18 Å². The van der Waals surface area contributed by atoms with E-state index < -0.39 is 28.4 Å². The monoisotopic (exact) mass is 487 g/mol.